The second-order valence-corrected chi connectivity index (χ2v) is 8.23. The Balaban J connectivity index is 1.76. The lowest BCUT2D eigenvalue weighted by Crippen LogP contribution is -2.27. The first kappa shape index (κ1) is 19.1. The van der Waals surface area contributed by atoms with E-state index in [1.165, 1.54) is 21.1 Å². The van der Waals surface area contributed by atoms with Gasteiger partial charge in [-0.25, -0.2) is 4.98 Å². The molecule has 4 heterocycles. The average Bonchev–Trinajstić information content (AvgIpc) is 3.30. The average molecular weight is 417 g/mol. The maximum atomic E-state index is 13.1. The number of amides is 1. The summed E-state index contributed by atoms with van der Waals surface area (Å²) in [6.07, 6.45) is 5.38. The van der Waals surface area contributed by atoms with Crippen LogP contribution in [0.1, 0.15) is 25.3 Å². The summed E-state index contributed by atoms with van der Waals surface area (Å²) in [4.78, 5) is 32.3. The van der Waals surface area contributed by atoms with Crippen LogP contribution in [0.5, 0.6) is 0 Å². The molecule has 7 nitrogen and oxygen atoms in total. The minimum absolute atomic E-state index is 0.0992. The van der Waals surface area contributed by atoms with Crippen molar-refractivity contribution in [3.8, 4) is 0 Å². The van der Waals surface area contributed by atoms with Gasteiger partial charge in [0.2, 0.25) is 0 Å². The number of pyridine rings is 1. The molecule has 2 aromatic rings. The molecule has 146 valence electrons. The minimum Gasteiger partial charge on any atom is -0.376 e. The number of rotatable bonds is 5. The Bertz CT molecular complexity index is 1030. The molecule has 2 fully saturated rings. The molecule has 0 bridgehead atoms. The third-order valence-corrected chi connectivity index (χ3v) is 6.13. The van der Waals surface area contributed by atoms with Crippen molar-refractivity contribution in [2.45, 2.75) is 25.9 Å². The Morgan fingerprint density at radius 3 is 3.00 bits per heavy atom. The number of fused-ring (bicyclic) bond motifs is 1. The zero-order valence-corrected chi connectivity index (χ0v) is 17.0. The molecule has 0 unspecified atom stereocenters. The highest BCUT2D eigenvalue weighted by Crippen LogP contribution is 2.32. The van der Waals surface area contributed by atoms with Gasteiger partial charge in [-0.05, 0) is 38.0 Å². The molecule has 1 atom stereocenters. The van der Waals surface area contributed by atoms with Crippen molar-refractivity contribution in [2.24, 2.45) is 0 Å². The highest BCUT2D eigenvalue weighted by atomic mass is 32.2. The predicted octanol–water partition coefficient (Wildman–Crippen LogP) is 2.51. The van der Waals surface area contributed by atoms with Gasteiger partial charge in [0.05, 0.1) is 16.6 Å². The van der Waals surface area contributed by atoms with Crippen LogP contribution >= 0.6 is 24.0 Å². The van der Waals surface area contributed by atoms with Gasteiger partial charge in [0.15, 0.2) is 0 Å². The zero-order valence-electron chi connectivity index (χ0n) is 15.4. The van der Waals surface area contributed by atoms with Crippen LogP contribution in [0.3, 0.4) is 0 Å². The Kier molecular flexibility index (Phi) is 5.47. The number of ether oxygens (including phenoxy) is 1. The molecule has 2 aromatic heterocycles. The molecule has 0 aromatic carbocycles. The lowest BCUT2D eigenvalue weighted by Gasteiger charge is -2.14. The summed E-state index contributed by atoms with van der Waals surface area (Å²) in [5.41, 5.74) is 0.654. The molecule has 2 aliphatic rings. The van der Waals surface area contributed by atoms with E-state index in [2.05, 4.69) is 10.3 Å². The Morgan fingerprint density at radius 1 is 1.43 bits per heavy atom. The van der Waals surface area contributed by atoms with Crippen LogP contribution in [0, 0.1) is 0 Å². The van der Waals surface area contributed by atoms with E-state index in [0.29, 0.717) is 39.3 Å². The predicted molar refractivity (Wildman–Crippen MR) is 114 cm³/mol. The second-order valence-electron chi connectivity index (χ2n) is 6.55. The summed E-state index contributed by atoms with van der Waals surface area (Å²) >= 11 is 6.48. The monoisotopic (exact) mass is 416 g/mol. The van der Waals surface area contributed by atoms with Crippen molar-refractivity contribution in [1.82, 2.24) is 14.3 Å². The standard InChI is InChI=1S/C19H20N4O3S2/c1-2-22-18(25)14(28-19(22)27)10-13-16(20-11-12-6-5-9-26-12)21-15-7-3-4-8-23(15)17(13)24/h3-4,7-8,10,12,20H,2,5-6,9,11H2,1H3/b14-10-/t12-/m1/s1. The zero-order chi connectivity index (χ0) is 19.7. The van der Waals surface area contributed by atoms with Gasteiger partial charge in [-0.1, -0.05) is 30.0 Å². The van der Waals surface area contributed by atoms with Gasteiger partial charge >= 0.3 is 0 Å². The van der Waals surface area contributed by atoms with Gasteiger partial charge in [0.25, 0.3) is 11.5 Å². The molecule has 2 saturated heterocycles. The number of nitrogens with one attached hydrogen (secondary N) is 1. The van der Waals surface area contributed by atoms with E-state index in [0.717, 1.165) is 19.4 Å². The summed E-state index contributed by atoms with van der Waals surface area (Å²) in [6.45, 7) is 3.69. The summed E-state index contributed by atoms with van der Waals surface area (Å²) in [7, 11) is 0. The smallest absolute Gasteiger partial charge is 0.267 e. The number of thioether (sulfide) groups is 1. The van der Waals surface area contributed by atoms with E-state index in [1.54, 1.807) is 24.4 Å². The Morgan fingerprint density at radius 2 is 2.29 bits per heavy atom. The number of hydrogen-bond donors (Lipinski definition) is 1. The van der Waals surface area contributed by atoms with E-state index < -0.39 is 0 Å². The van der Waals surface area contributed by atoms with Crippen molar-refractivity contribution in [1.29, 1.82) is 0 Å². The van der Waals surface area contributed by atoms with Crippen LogP contribution in [0.4, 0.5) is 5.82 Å². The third kappa shape index (κ3) is 3.57. The highest BCUT2D eigenvalue weighted by Gasteiger charge is 2.31. The topological polar surface area (TPSA) is 75.9 Å². The van der Waals surface area contributed by atoms with Crippen molar-refractivity contribution < 1.29 is 9.53 Å². The molecule has 28 heavy (non-hydrogen) atoms. The summed E-state index contributed by atoms with van der Waals surface area (Å²) in [6, 6.07) is 5.38. The molecule has 2 aliphatic heterocycles. The third-order valence-electron chi connectivity index (χ3n) is 4.76. The lowest BCUT2D eigenvalue weighted by molar-refractivity contribution is -0.121. The Labute approximate surface area is 171 Å². The number of hydrogen-bond acceptors (Lipinski definition) is 7. The summed E-state index contributed by atoms with van der Waals surface area (Å²) in [5, 5.41) is 3.25. The molecule has 9 heteroatoms. The van der Waals surface area contributed by atoms with E-state index in [4.69, 9.17) is 17.0 Å². The largest absolute Gasteiger partial charge is 0.376 e. The van der Waals surface area contributed by atoms with E-state index >= 15 is 0 Å². The number of aromatic nitrogens is 2. The SMILES string of the molecule is CCN1C(=O)/C(=C/c2c(NC[C@H]3CCCO3)nc3ccccn3c2=O)SC1=S. The van der Waals surface area contributed by atoms with Gasteiger partial charge in [-0.3, -0.25) is 18.9 Å². The Hall–Kier alpha value is -2.23. The van der Waals surface area contributed by atoms with Crippen LogP contribution in [0.25, 0.3) is 11.7 Å². The fraction of sp³-hybridized carbons (Fsp3) is 0.368. The molecule has 4 rings (SSSR count). The maximum absolute atomic E-state index is 13.1. The summed E-state index contributed by atoms with van der Waals surface area (Å²) in [5.74, 6) is 0.272. The van der Waals surface area contributed by atoms with Crippen LogP contribution < -0.4 is 10.9 Å². The van der Waals surface area contributed by atoms with Crippen molar-refractivity contribution in [2.75, 3.05) is 25.0 Å². The molecule has 0 aliphatic carbocycles. The van der Waals surface area contributed by atoms with E-state index in [9.17, 15) is 9.59 Å². The first-order valence-corrected chi connectivity index (χ1v) is 10.4. The van der Waals surface area contributed by atoms with Gasteiger partial charge in [-0.2, -0.15) is 0 Å². The number of likely N-dealkylation sites (N-methyl/N-ethyl adjacent to an activating group) is 1. The molecule has 0 saturated carbocycles. The van der Waals surface area contributed by atoms with Crippen LogP contribution in [-0.2, 0) is 9.53 Å². The van der Waals surface area contributed by atoms with Gasteiger partial charge in [0.1, 0.15) is 15.8 Å². The van der Waals surface area contributed by atoms with E-state index in [1.807, 2.05) is 13.0 Å². The first-order chi connectivity index (χ1) is 13.6. The van der Waals surface area contributed by atoms with Gasteiger partial charge in [-0.15, -0.1) is 0 Å². The minimum atomic E-state index is -0.234. The number of nitrogens with zero attached hydrogens (tertiary/aromatic N) is 3. The van der Waals surface area contributed by atoms with Crippen LogP contribution in [-0.4, -0.2) is 50.3 Å². The molecule has 1 amide bonds. The fourth-order valence-electron chi connectivity index (χ4n) is 3.29. The van der Waals surface area contributed by atoms with E-state index in [-0.39, 0.29) is 17.6 Å². The maximum Gasteiger partial charge on any atom is 0.267 e. The number of anilines is 1. The summed E-state index contributed by atoms with van der Waals surface area (Å²) < 4.78 is 7.63. The molecule has 1 N–H and O–H groups in total. The number of thiocarbonyl (C=S) groups is 1. The first-order valence-electron chi connectivity index (χ1n) is 9.20. The lowest BCUT2D eigenvalue weighted by atomic mass is 10.2. The molecule has 0 radical (unpaired) electrons. The quantitative estimate of drug-likeness (QED) is 0.593. The fourth-order valence-corrected chi connectivity index (χ4v) is 4.65. The molecular formula is C19H20N4O3S2. The number of carbonyl (C=O) groups excluding carboxylic acids is 1. The van der Waals surface area contributed by atoms with Crippen LogP contribution in [0.2, 0.25) is 0 Å². The van der Waals surface area contributed by atoms with Gasteiger partial charge < -0.3 is 10.1 Å². The number of carbonyl (C=O) groups is 1. The van der Waals surface area contributed by atoms with Crippen molar-refractivity contribution in [3.05, 3.63) is 45.2 Å². The van der Waals surface area contributed by atoms with Crippen molar-refractivity contribution >= 4 is 51.7 Å². The molecule has 0 spiro atoms. The normalized spacial score (nSPS) is 21.2. The second kappa shape index (κ2) is 8.02. The highest BCUT2D eigenvalue weighted by molar-refractivity contribution is 8.26. The van der Waals surface area contributed by atoms with Gasteiger partial charge in [0, 0.05) is 25.9 Å². The van der Waals surface area contributed by atoms with Crippen LogP contribution in [0.15, 0.2) is 34.1 Å². The molecular weight excluding hydrogens is 396 g/mol. The van der Waals surface area contributed by atoms with Crippen molar-refractivity contribution in [3.63, 3.8) is 0 Å².